The Balaban J connectivity index is 1.73. The first kappa shape index (κ1) is 16.1. The fraction of sp³-hybridized carbons (Fsp3) is 0.0625. The van der Waals surface area contributed by atoms with Crippen molar-refractivity contribution in [2.24, 2.45) is 5.10 Å². The maximum Gasteiger partial charge on any atom is 0.212 e. The second-order valence-corrected chi connectivity index (χ2v) is 6.36. The van der Waals surface area contributed by atoms with Crippen LogP contribution in [0.15, 0.2) is 65.1 Å². The van der Waals surface area contributed by atoms with Crippen LogP contribution < -0.4 is 0 Å². The molecule has 116 valence electrons. The lowest BCUT2D eigenvalue weighted by molar-refractivity contribution is 0.767. The molecule has 0 atom stereocenters. The van der Waals surface area contributed by atoms with Crippen molar-refractivity contribution >= 4 is 41.2 Å². The average molecular weight is 363 g/mol. The van der Waals surface area contributed by atoms with Crippen LogP contribution >= 0.6 is 35.0 Å². The van der Waals surface area contributed by atoms with E-state index in [0.717, 1.165) is 16.1 Å². The Bertz CT molecular complexity index is 832. The number of hydrogen-bond donors (Lipinski definition) is 0. The van der Waals surface area contributed by atoms with E-state index in [1.807, 2.05) is 48.5 Å². The van der Waals surface area contributed by atoms with Crippen LogP contribution in [0.1, 0.15) is 11.1 Å². The van der Waals surface area contributed by atoms with E-state index in [1.165, 1.54) is 11.8 Å². The van der Waals surface area contributed by atoms with E-state index in [4.69, 9.17) is 23.2 Å². The molecule has 0 saturated carbocycles. The summed E-state index contributed by atoms with van der Waals surface area (Å²) in [7, 11) is 0. The van der Waals surface area contributed by atoms with Crippen molar-refractivity contribution < 1.29 is 0 Å². The third-order valence-electron chi connectivity index (χ3n) is 3.04. The smallest absolute Gasteiger partial charge is 0.195 e. The maximum absolute atomic E-state index is 6.16. The van der Waals surface area contributed by atoms with E-state index in [-0.39, 0.29) is 0 Å². The van der Waals surface area contributed by atoms with Gasteiger partial charge in [-0.3, -0.25) is 0 Å². The normalized spacial score (nSPS) is 11.2. The molecule has 23 heavy (non-hydrogen) atoms. The van der Waals surface area contributed by atoms with Gasteiger partial charge >= 0.3 is 0 Å². The van der Waals surface area contributed by atoms with Crippen LogP contribution in [0.2, 0.25) is 10.0 Å². The Labute approximate surface area is 148 Å². The Morgan fingerprint density at radius 1 is 1.04 bits per heavy atom. The Kier molecular flexibility index (Phi) is 5.33. The molecule has 0 saturated heterocycles. The summed E-state index contributed by atoms with van der Waals surface area (Å²) >= 11 is 13.8. The summed E-state index contributed by atoms with van der Waals surface area (Å²) in [6, 6.07) is 15.2. The molecule has 3 aromatic rings. The lowest BCUT2D eigenvalue weighted by Gasteiger charge is -2.03. The second-order valence-electron chi connectivity index (χ2n) is 4.60. The number of halogens is 2. The minimum atomic E-state index is 0.648. The van der Waals surface area contributed by atoms with E-state index >= 15 is 0 Å². The number of aromatic nitrogens is 3. The number of hydrogen-bond acceptors (Lipinski definition) is 4. The first-order valence-corrected chi connectivity index (χ1v) is 8.53. The molecule has 0 radical (unpaired) electrons. The van der Waals surface area contributed by atoms with Gasteiger partial charge in [-0.2, -0.15) is 9.78 Å². The Morgan fingerprint density at radius 2 is 1.78 bits per heavy atom. The molecule has 4 nitrogen and oxygen atoms in total. The summed E-state index contributed by atoms with van der Waals surface area (Å²) in [4.78, 5) is 0. The van der Waals surface area contributed by atoms with Crippen molar-refractivity contribution in [3.63, 3.8) is 0 Å². The van der Waals surface area contributed by atoms with Crippen molar-refractivity contribution in [3.8, 4) is 0 Å². The van der Waals surface area contributed by atoms with Gasteiger partial charge in [0.2, 0.25) is 5.16 Å². The molecule has 7 heteroatoms. The first-order chi connectivity index (χ1) is 11.2. The molecule has 3 rings (SSSR count). The summed E-state index contributed by atoms with van der Waals surface area (Å²) in [5.74, 6) is 0.694. The highest BCUT2D eigenvalue weighted by molar-refractivity contribution is 7.98. The van der Waals surface area contributed by atoms with Crippen LogP contribution in [0.3, 0.4) is 0 Å². The van der Waals surface area contributed by atoms with Crippen molar-refractivity contribution in [1.29, 1.82) is 0 Å². The zero-order valence-electron chi connectivity index (χ0n) is 11.9. The fourth-order valence-corrected chi connectivity index (χ4v) is 3.19. The molecule has 0 fully saturated rings. The van der Waals surface area contributed by atoms with E-state index in [0.29, 0.717) is 15.9 Å². The van der Waals surface area contributed by atoms with Crippen LogP contribution in [0, 0.1) is 0 Å². The summed E-state index contributed by atoms with van der Waals surface area (Å²) in [6.45, 7) is 0. The van der Waals surface area contributed by atoms with Crippen LogP contribution in [0.25, 0.3) is 0 Å². The largest absolute Gasteiger partial charge is 0.212 e. The second kappa shape index (κ2) is 7.64. The van der Waals surface area contributed by atoms with Crippen LogP contribution in [-0.2, 0) is 5.75 Å². The van der Waals surface area contributed by atoms with Gasteiger partial charge in [0.1, 0.15) is 6.33 Å². The number of rotatable bonds is 5. The third kappa shape index (κ3) is 4.13. The van der Waals surface area contributed by atoms with Crippen molar-refractivity contribution in [2.75, 3.05) is 0 Å². The van der Waals surface area contributed by atoms with Gasteiger partial charge in [0.15, 0.2) is 0 Å². The molecular weight excluding hydrogens is 351 g/mol. The van der Waals surface area contributed by atoms with E-state index in [9.17, 15) is 0 Å². The van der Waals surface area contributed by atoms with Crippen LogP contribution in [-0.4, -0.2) is 21.1 Å². The topological polar surface area (TPSA) is 43.1 Å². The lowest BCUT2D eigenvalue weighted by atomic mass is 10.2. The zero-order chi connectivity index (χ0) is 16.1. The molecule has 0 N–H and O–H groups in total. The minimum absolute atomic E-state index is 0.648. The van der Waals surface area contributed by atoms with Crippen molar-refractivity contribution in [1.82, 2.24) is 14.9 Å². The molecule has 0 amide bonds. The Hall–Kier alpha value is -1.82. The molecule has 1 heterocycles. The summed E-state index contributed by atoms with van der Waals surface area (Å²) in [6.07, 6.45) is 3.24. The molecular formula is C16H12Cl2N4S. The van der Waals surface area contributed by atoms with Gasteiger partial charge in [-0.1, -0.05) is 71.4 Å². The molecule has 0 aliphatic heterocycles. The summed E-state index contributed by atoms with van der Waals surface area (Å²) < 4.78 is 1.62. The van der Waals surface area contributed by atoms with Gasteiger partial charge in [0.05, 0.1) is 6.21 Å². The minimum Gasteiger partial charge on any atom is -0.195 e. The van der Waals surface area contributed by atoms with Crippen LogP contribution in [0.4, 0.5) is 0 Å². The monoisotopic (exact) mass is 362 g/mol. The highest BCUT2D eigenvalue weighted by Gasteiger charge is 2.06. The van der Waals surface area contributed by atoms with Gasteiger partial charge in [0, 0.05) is 21.4 Å². The quantitative estimate of drug-likeness (QED) is 0.485. The van der Waals surface area contributed by atoms with Gasteiger partial charge in [-0.05, 0) is 17.7 Å². The molecule has 2 aromatic carbocycles. The summed E-state index contributed by atoms with van der Waals surface area (Å²) in [5.41, 5.74) is 1.88. The predicted octanol–water partition coefficient (Wildman–Crippen LogP) is 4.76. The van der Waals surface area contributed by atoms with Gasteiger partial charge in [0.25, 0.3) is 0 Å². The van der Waals surface area contributed by atoms with Gasteiger partial charge in [-0.25, -0.2) is 0 Å². The van der Waals surface area contributed by atoms with Crippen molar-refractivity contribution in [2.45, 2.75) is 10.9 Å². The first-order valence-electron chi connectivity index (χ1n) is 6.79. The Morgan fingerprint density at radius 3 is 2.57 bits per heavy atom. The van der Waals surface area contributed by atoms with E-state index in [1.54, 1.807) is 17.2 Å². The maximum atomic E-state index is 6.16. The zero-order valence-corrected chi connectivity index (χ0v) is 14.3. The standard InChI is InChI=1S/C16H12Cl2N4S/c17-14-7-3-1-5-12(14)9-20-22-11-19-21-16(22)23-10-13-6-2-4-8-15(13)18/h1-9,11H,10H2/b20-9+. The van der Waals surface area contributed by atoms with Crippen molar-refractivity contribution in [3.05, 3.63) is 76.0 Å². The van der Waals surface area contributed by atoms with Crippen LogP contribution in [0.5, 0.6) is 0 Å². The lowest BCUT2D eigenvalue weighted by Crippen LogP contribution is -1.93. The number of nitrogens with zero attached hydrogens (tertiary/aromatic N) is 4. The van der Waals surface area contributed by atoms with E-state index in [2.05, 4.69) is 15.3 Å². The molecule has 0 unspecified atom stereocenters. The fourth-order valence-electron chi connectivity index (χ4n) is 1.86. The molecule has 0 spiro atoms. The molecule has 0 aliphatic rings. The van der Waals surface area contributed by atoms with Gasteiger partial charge < -0.3 is 0 Å². The van der Waals surface area contributed by atoms with Gasteiger partial charge in [-0.15, -0.1) is 10.2 Å². The molecule has 1 aromatic heterocycles. The third-order valence-corrected chi connectivity index (χ3v) is 4.74. The number of benzene rings is 2. The highest BCUT2D eigenvalue weighted by atomic mass is 35.5. The molecule has 0 bridgehead atoms. The average Bonchev–Trinajstić information content (AvgIpc) is 3.01. The predicted molar refractivity (Wildman–Crippen MR) is 95.5 cm³/mol. The SMILES string of the molecule is Clc1ccccc1/C=N/n1cnnc1SCc1ccccc1Cl. The number of thioether (sulfide) groups is 1. The van der Waals surface area contributed by atoms with E-state index < -0.39 is 0 Å². The highest BCUT2D eigenvalue weighted by Crippen LogP contribution is 2.25. The summed E-state index contributed by atoms with van der Waals surface area (Å²) in [5, 5.41) is 14.4. The molecule has 0 aliphatic carbocycles.